The number of aryl methyl sites for hydroxylation is 1. The van der Waals surface area contributed by atoms with Crippen molar-refractivity contribution in [1.82, 2.24) is 5.32 Å². The number of rotatable bonds is 6. The summed E-state index contributed by atoms with van der Waals surface area (Å²) in [6, 6.07) is 4.88. The summed E-state index contributed by atoms with van der Waals surface area (Å²) in [6.45, 7) is 1.92. The van der Waals surface area contributed by atoms with Gasteiger partial charge in [-0.1, -0.05) is 41.8 Å². The van der Waals surface area contributed by atoms with Crippen LogP contribution < -0.4 is 5.32 Å². The molecule has 1 fully saturated rings. The molecular weight excluding hydrogens is 381 g/mol. The molecule has 0 aromatic heterocycles. The number of amides is 1. The summed E-state index contributed by atoms with van der Waals surface area (Å²) in [4.78, 5) is 12.2. The van der Waals surface area contributed by atoms with Crippen molar-refractivity contribution in [1.29, 1.82) is 0 Å². The zero-order chi connectivity index (χ0) is 16.8. The Morgan fingerprint density at radius 3 is 2.83 bits per heavy atom. The second-order valence-corrected chi connectivity index (χ2v) is 8.76. The standard InChI is InChI=1S/C17H23BrFNO2S/c1-2-23(22)16-6-4-3-5-15(16)20-17(21)10-8-12-7-9-13(18)11-14(12)19/h7,9,11,15-16H,2-6,8,10H2,1H3,(H,20,21)/t15-,16-,23+/m1/s1. The second kappa shape index (κ2) is 8.92. The highest BCUT2D eigenvalue weighted by Crippen LogP contribution is 2.23. The zero-order valence-corrected chi connectivity index (χ0v) is 15.7. The van der Waals surface area contributed by atoms with E-state index in [0.717, 1.165) is 25.7 Å². The molecule has 128 valence electrons. The molecule has 0 radical (unpaired) electrons. The number of carbonyl (C=O) groups excluding carboxylic acids is 1. The van der Waals surface area contributed by atoms with Crippen LogP contribution in [0.1, 0.15) is 44.6 Å². The predicted molar refractivity (Wildman–Crippen MR) is 95.3 cm³/mol. The highest BCUT2D eigenvalue weighted by atomic mass is 79.9. The minimum Gasteiger partial charge on any atom is -0.352 e. The molecule has 0 heterocycles. The lowest BCUT2D eigenvalue weighted by atomic mass is 9.94. The van der Waals surface area contributed by atoms with Crippen LogP contribution in [-0.4, -0.2) is 27.2 Å². The van der Waals surface area contributed by atoms with Crippen molar-refractivity contribution in [3.63, 3.8) is 0 Å². The van der Waals surface area contributed by atoms with E-state index in [1.54, 1.807) is 12.1 Å². The molecule has 1 amide bonds. The van der Waals surface area contributed by atoms with Gasteiger partial charge in [-0.2, -0.15) is 0 Å². The van der Waals surface area contributed by atoms with Gasteiger partial charge in [0.2, 0.25) is 5.91 Å². The van der Waals surface area contributed by atoms with Crippen LogP contribution in [0.3, 0.4) is 0 Å². The Bertz CT molecular complexity index is 582. The lowest BCUT2D eigenvalue weighted by Gasteiger charge is -2.31. The Balaban J connectivity index is 1.89. The summed E-state index contributed by atoms with van der Waals surface area (Å²) in [6.07, 6.45) is 4.55. The van der Waals surface area contributed by atoms with Gasteiger partial charge in [-0.25, -0.2) is 4.39 Å². The molecule has 1 saturated carbocycles. The Labute approximate surface area is 148 Å². The smallest absolute Gasteiger partial charge is 0.220 e. The number of hydrogen-bond donors (Lipinski definition) is 1. The molecule has 1 N–H and O–H groups in total. The quantitative estimate of drug-likeness (QED) is 0.786. The molecule has 1 aromatic carbocycles. The van der Waals surface area contributed by atoms with Gasteiger partial charge in [0.05, 0.1) is 5.25 Å². The first kappa shape index (κ1) is 18.6. The van der Waals surface area contributed by atoms with Gasteiger partial charge in [-0.05, 0) is 37.0 Å². The molecule has 1 aliphatic rings. The summed E-state index contributed by atoms with van der Waals surface area (Å²) in [5, 5.41) is 3.08. The minimum absolute atomic E-state index is 0.00759. The molecule has 0 aliphatic heterocycles. The van der Waals surface area contributed by atoms with Gasteiger partial charge in [0.25, 0.3) is 0 Å². The van der Waals surface area contributed by atoms with Gasteiger partial charge in [0, 0.05) is 33.5 Å². The molecule has 0 unspecified atom stereocenters. The summed E-state index contributed by atoms with van der Waals surface area (Å²) in [5.74, 6) is 0.244. The SMILES string of the molecule is CC[S@](=O)[C@@H]1CCCC[C@H]1NC(=O)CCc1ccc(Br)cc1F. The topological polar surface area (TPSA) is 46.2 Å². The molecule has 3 atom stereocenters. The van der Waals surface area contributed by atoms with Crippen molar-refractivity contribution in [2.75, 3.05) is 5.75 Å². The molecule has 23 heavy (non-hydrogen) atoms. The van der Waals surface area contributed by atoms with E-state index in [0.29, 0.717) is 22.2 Å². The van der Waals surface area contributed by atoms with Crippen molar-refractivity contribution in [3.8, 4) is 0 Å². The van der Waals surface area contributed by atoms with Crippen LogP contribution in [0.5, 0.6) is 0 Å². The lowest BCUT2D eigenvalue weighted by Crippen LogP contribution is -2.47. The third kappa shape index (κ3) is 5.38. The highest BCUT2D eigenvalue weighted by molar-refractivity contribution is 9.10. The second-order valence-electron chi connectivity index (χ2n) is 5.90. The molecule has 6 heteroatoms. The minimum atomic E-state index is -0.886. The Morgan fingerprint density at radius 1 is 1.39 bits per heavy atom. The zero-order valence-electron chi connectivity index (χ0n) is 13.3. The fraction of sp³-hybridized carbons (Fsp3) is 0.588. The van der Waals surface area contributed by atoms with Crippen molar-refractivity contribution >= 4 is 32.6 Å². The molecule has 0 saturated heterocycles. The van der Waals surface area contributed by atoms with Gasteiger partial charge in [-0.15, -0.1) is 0 Å². The van der Waals surface area contributed by atoms with E-state index in [9.17, 15) is 13.4 Å². The van der Waals surface area contributed by atoms with E-state index >= 15 is 0 Å². The van der Waals surface area contributed by atoms with E-state index in [1.807, 2.05) is 6.92 Å². The van der Waals surface area contributed by atoms with Gasteiger partial charge in [-0.3, -0.25) is 9.00 Å². The van der Waals surface area contributed by atoms with Crippen LogP contribution in [0.2, 0.25) is 0 Å². The van der Waals surface area contributed by atoms with Crippen LogP contribution in [0.4, 0.5) is 4.39 Å². The molecule has 1 aromatic rings. The largest absolute Gasteiger partial charge is 0.352 e. The molecule has 2 rings (SSSR count). The normalized spacial score (nSPS) is 22.6. The maximum Gasteiger partial charge on any atom is 0.220 e. The molecule has 3 nitrogen and oxygen atoms in total. The van der Waals surface area contributed by atoms with Crippen LogP contribution in [-0.2, 0) is 22.0 Å². The van der Waals surface area contributed by atoms with Gasteiger partial charge >= 0.3 is 0 Å². The molecular formula is C17H23BrFNO2S. The third-order valence-electron chi connectivity index (χ3n) is 4.31. The fourth-order valence-electron chi connectivity index (χ4n) is 3.04. The summed E-state index contributed by atoms with van der Waals surface area (Å²) in [5.41, 5.74) is 0.542. The van der Waals surface area contributed by atoms with Gasteiger partial charge < -0.3 is 5.32 Å². The first-order valence-electron chi connectivity index (χ1n) is 8.11. The molecule has 0 spiro atoms. The maximum atomic E-state index is 13.8. The van der Waals surface area contributed by atoms with Crippen molar-refractivity contribution in [3.05, 3.63) is 34.1 Å². The van der Waals surface area contributed by atoms with Gasteiger partial charge in [0.15, 0.2) is 0 Å². The maximum absolute atomic E-state index is 13.8. The van der Waals surface area contributed by atoms with Crippen molar-refractivity contribution in [2.45, 2.75) is 56.7 Å². The third-order valence-corrected chi connectivity index (χ3v) is 6.61. The van der Waals surface area contributed by atoms with Gasteiger partial charge in [0.1, 0.15) is 5.82 Å². The number of carbonyl (C=O) groups is 1. The summed E-state index contributed by atoms with van der Waals surface area (Å²) < 4.78 is 26.6. The monoisotopic (exact) mass is 403 g/mol. The molecule has 0 bridgehead atoms. The highest BCUT2D eigenvalue weighted by Gasteiger charge is 2.30. The van der Waals surface area contributed by atoms with Crippen molar-refractivity contribution in [2.24, 2.45) is 0 Å². The number of halogens is 2. The van der Waals surface area contributed by atoms with Crippen LogP contribution in [0.15, 0.2) is 22.7 Å². The van der Waals surface area contributed by atoms with Crippen molar-refractivity contribution < 1.29 is 13.4 Å². The predicted octanol–water partition coefficient (Wildman–Crippen LogP) is 3.72. The van der Waals surface area contributed by atoms with E-state index in [1.165, 1.54) is 6.07 Å². The van der Waals surface area contributed by atoms with E-state index in [-0.39, 0.29) is 29.4 Å². The first-order chi connectivity index (χ1) is 11.0. The van der Waals surface area contributed by atoms with E-state index in [2.05, 4.69) is 21.2 Å². The average Bonchev–Trinajstić information content (AvgIpc) is 2.54. The van der Waals surface area contributed by atoms with Crippen LogP contribution in [0.25, 0.3) is 0 Å². The van der Waals surface area contributed by atoms with E-state index in [4.69, 9.17) is 0 Å². The summed E-state index contributed by atoms with van der Waals surface area (Å²) in [7, 11) is -0.886. The first-order valence-corrected chi connectivity index (χ1v) is 10.3. The Kier molecular flexibility index (Phi) is 7.21. The Morgan fingerprint density at radius 2 is 2.13 bits per heavy atom. The number of hydrogen-bond acceptors (Lipinski definition) is 2. The number of nitrogens with one attached hydrogen (secondary N) is 1. The van der Waals surface area contributed by atoms with Crippen LogP contribution in [0, 0.1) is 5.82 Å². The van der Waals surface area contributed by atoms with Crippen LogP contribution >= 0.6 is 15.9 Å². The fourth-order valence-corrected chi connectivity index (χ4v) is 4.80. The molecule has 1 aliphatic carbocycles. The number of benzene rings is 1. The summed E-state index contributed by atoms with van der Waals surface area (Å²) >= 11 is 3.22. The lowest BCUT2D eigenvalue weighted by molar-refractivity contribution is -0.121. The Hall–Kier alpha value is -0.750. The van der Waals surface area contributed by atoms with E-state index < -0.39 is 10.8 Å². The average molecular weight is 404 g/mol.